The maximum Gasteiger partial charge on any atom is 0.297 e. The zero-order valence-electron chi connectivity index (χ0n) is 22.3. The molecular weight excluding hydrogens is 510 g/mol. The van der Waals surface area contributed by atoms with Gasteiger partial charge in [-0.05, 0) is 74.1 Å². The number of hydrogen-bond acceptors (Lipinski definition) is 6. The van der Waals surface area contributed by atoms with E-state index in [0.717, 1.165) is 28.8 Å². The van der Waals surface area contributed by atoms with Gasteiger partial charge in [0, 0.05) is 18.7 Å². The number of anilines is 2. The highest BCUT2D eigenvalue weighted by atomic mass is 32.2. The summed E-state index contributed by atoms with van der Waals surface area (Å²) in [6, 6.07) is 29.6. The first kappa shape index (κ1) is 28.0. The van der Waals surface area contributed by atoms with Gasteiger partial charge in [-0.25, -0.2) is 0 Å². The summed E-state index contributed by atoms with van der Waals surface area (Å²) in [7, 11) is 0.132. The first-order valence-electron chi connectivity index (χ1n) is 12.7. The van der Waals surface area contributed by atoms with E-state index in [2.05, 4.69) is 15.5 Å². The minimum atomic E-state index is -3.86. The average molecular weight is 544 g/mol. The first-order chi connectivity index (χ1) is 18.7. The number of hydrogen-bond donors (Lipinski definition) is 2. The minimum Gasteiger partial charge on any atom is -0.381 e. The van der Waals surface area contributed by atoms with Gasteiger partial charge in [0.2, 0.25) is 0 Å². The van der Waals surface area contributed by atoms with Crippen molar-refractivity contribution >= 4 is 27.4 Å². The molecule has 4 aromatic carbocycles. The monoisotopic (exact) mass is 543 g/mol. The standard InChI is InChI=1S/C31H33N3O4S/c1-23-9-16-28(17-10-23)39(36,37)38-20-19-32-29-18-15-27(25-7-5-4-6-8-25)21-30(29)33-31(35)26-13-11-24(12-14-26)22-34(2)3/h4-18,21,32H,19-20,22H2,1-3H3,(H,33,35). The summed E-state index contributed by atoms with van der Waals surface area (Å²) < 4.78 is 30.2. The number of nitrogens with zero attached hydrogens (tertiary/aromatic N) is 1. The van der Waals surface area contributed by atoms with Gasteiger partial charge in [-0.1, -0.05) is 66.2 Å². The van der Waals surface area contributed by atoms with E-state index in [1.807, 2.05) is 93.8 Å². The third-order valence-corrected chi connectivity index (χ3v) is 7.38. The highest BCUT2D eigenvalue weighted by Crippen LogP contribution is 2.29. The van der Waals surface area contributed by atoms with Crippen LogP contribution in [-0.2, 0) is 20.8 Å². The molecular formula is C31H33N3O4S. The molecule has 0 unspecified atom stereocenters. The third kappa shape index (κ3) is 7.77. The molecule has 0 saturated carbocycles. The molecule has 0 atom stereocenters. The van der Waals surface area contributed by atoms with E-state index in [1.165, 1.54) is 12.1 Å². The molecule has 1 amide bonds. The van der Waals surface area contributed by atoms with Gasteiger partial charge in [-0.3, -0.25) is 8.98 Å². The fraction of sp³-hybridized carbons (Fsp3) is 0.194. The summed E-state index contributed by atoms with van der Waals surface area (Å²) in [5.74, 6) is -0.238. The van der Waals surface area contributed by atoms with Gasteiger partial charge < -0.3 is 15.5 Å². The molecule has 0 saturated heterocycles. The zero-order chi connectivity index (χ0) is 27.8. The number of benzene rings is 4. The maximum absolute atomic E-state index is 13.1. The predicted octanol–water partition coefficient (Wildman–Crippen LogP) is 5.79. The van der Waals surface area contributed by atoms with Crippen molar-refractivity contribution in [1.29, 1.82) is 0 Å². The van der Waals surface area contributed by atoms with Crippen molar-refractivity contribution < 1.29 is 17.4 Å². The SMILES string of the molecule is Cc1ccc(S(=O)(=O)OCCNc2ccc(-c3ccccc3)cc2NC(=O)c2ccc(CN(C)C)cc2)cc1. The van der Waals surface area contributed by atoms with E-state index in [0.29, 0.717) is 16.9 Å². The molecule has 0 radical (unpaired) electrons. The second-order valence-electron chi connectivity index (χ2n) is 9.53. The molecule has 202 valence electrons. The van der Waals surface area contributed by atoms with Crippen molar-refractivity contribution in [2.45, 2.75) is 18.4 Å². The molecule has 0 heterocycles. The Morgan fingerprint density at radius 2 is 1.51 bits per heavy atom. The summed E-state index contributed by atoms with van der Waals surface area (Å²) >= 11 is 0. The van der Waals surface area contributed by atoms with E-state index in [1.54, 1.807) is 12.1 Å². The molecule has 4 rings (SSSR count). The molecule has 0 bridgehead atoms. The van der Waals surface area contributed by atoms with Crippen molar-refractivity contribution in [3.8, 4) is 11.1 Å². The number of amides is 1. The quantitative estimate of drug-likeness (QED) is 0.184. The van der Waals surface area contributed by atoms with Crippen LogP contribution in [0.3, 0.4) is 0 Å². The van der Waals surface area contributed by atoms with Crippen LogP contribution in [0.25, 0.3) is 11.1 Å². The molecule has 0 aliphatic rings. The number of nitrogens with one attached hydrogen (secondary N) is 2. The third-order valence-electron chi connectivity index (χ3n) is 6.06. The Kier molecular flexibility index (Phi) is 9.14. The molecule has 7 nitrogen and oxygen atoms in total. The number of carbonyl (C=O) groups excluding carboxylic acids is 1. The fourth-order valence-electron chi connectivity index (χ4n) is 4.04. The molecule has 0 aliphatic carbocycles. The largest absolute Gasteiger partial charge is 0.381 e. The van der Waals surface area contributed by atoms with Crippen molar-refractivity contribution in [2.75, 3.05) is 37.9 Å². The smallest absolute Gasteiger partial charge is 0.297 e. The lowest BCUT2D eigenvalue weighted by Gasteiger charge is -2.16. The van der Waals surface area contributed by atoms with Crippen LogP contribution in [0.1, 0.15) is 21.5 Å². The van der Waals surface area contributed by atoms with Gasteiger partial charge in [-0.15, -0.1) is 0 Å². The molecule has 4 aromatic rings. The first-order valence-corrected chi connectivity index (χ1v) is 14.1. The van der Waals surface area contributed by atoms with E-state index in [4.69, 9.17) is 4.18 Å². The molecule has 0 fully saturated rings. The topological polar surface area (TPSA) is 87.7 Å². The zero-order valence-corrected chi connectivity index (χ0v) is 23.2. The molecule has 2 N–H and O–H groups in total. The Hall–Kier alpha value is -3.98. The van der Waals surface area contributed by atoms with E-state index in [-0.39, 0.29) is 24.0 Å². The van der Waals surface area contributed by atoms with Crippen LogP contribution < -0.4 is 10.6 Å². The van der Waals surface area contributed by atoms with E-state index in [9.17, 15) is 13.2 Å². The molecule has 0 spiro atoms. The summed E-state index contributed by atoms with van der Waals surface area (Å²) in [5.41, 5.74) is 5.82. The average Bonchev–Trinajstić information content (AvgIpc) is 2.92. The van der Waals surface area contributed by atoms with Gasteiger partial charge in [0.15, 0.2) is 0 Å². The molecule has 0 aromatic heterocycles. The number of aryl methyl sites for hydroxylation is 1. The van der Waals surface area contributed by atoms with Crippen LogP contribution in [0.4, 0.5) is 11.4 Å². The van der Waals surface area contributed by atoms with Crippen molar-refractivity contribution in [2.24, 2.45) is 0 Å². The maximum atomic E-state index is 13.1. The predicted molar refractivity (Wildman–Crippen MR) is 156 cm³/mol. The lowest BCUT2D eigenvalue weighted by molar-refractivity contribution is 0.102. The lowest BCUT2D eigenvalue weighted by Crippen LogP contribution is -2.17. The molecule has 8 heteroatoms. The number of rotatable bonds is 11. The van der Waals surface area contributed by atoms with Crippen LogP contribution in [-0.4, -0.2) is 46.5 Å². The fourth-order valence-corrected chi connectivity index (χ4v) is 4.95. The summed E-state index contributed by atoms with van der Waals surface area (Å²) in [6.07, 6.45) is 0. The van der Waals surface area contributed by atoms with Crippen LogP contribution in [0.5, 0.6) is 0 Å². The Labute approximate surface area is 230 Å². The van der Waals surface area contributed by atoms with Crippen LogP contribution >= 0.6 is 0 Å². The van der Waals surface area contributed by atoms with Crippen LogP contribution in [0.15, 0.2) is 102 Å². The van der Waals surface area contributed by atoms with Gasteiger partial charge in [-0.2, -0.15) is 8.42 Å². The normalized spacial score (nSPS) is 11.4. The van der Waals surface area contributed by atoms with E-state index >= 15 is 0 Å². The van der Waals surface area contributed by atoms with E-state index < -0.39 is 10.1 Å². The van der Waals surface area contributed by atoms with Crippen molar-refractivity contribution in [3.63, 3.8) is 0 Å². The second kappa shape index (κ2) is 12.7. The summed E-state index contributed by atoms with van der Waals surface area (Å²) in [5, 5.41) is 6.22. The van der Waals surface area contributed by atoms with Crippen LogP contribution in [0.2, 0.25) is 0 Å². The van der Waals surface area contributed by atoms with Gasteiger partial charge in [0.25, 0.3) is 16.0 Å². The van der Waals surface area contributed by atoms with Crippen molar-refractivity contribution in [1.82, 2.24) is 4.90 Å². The highest BCUT2D eigenvalue weighted by molar-refractivity contribution is 7.86. The van der Waals surface area contributed by atoms with Gasteiger partial charge >= 0.3 is 0 Å². The Balaban J connectivity index is 1.48. The second-order valence-corrected chi connectivity index (χ2v) is 11.1. The number of carbonyl (C=O) groups is 1. The Morgan fingerprint density at radius 3 is 2.18 bits per heavy atom. The van der Waals surface area contributed by atoms with Crippen LogP contribution in [0, 0.1) is 6.92 Å². The van der Waals surface area contributed by atoms with Crippen molar-refractivity contribution in [3.05, 3.63) is 114 Å². The minimum absolute atomic E-state index is 0.0721. The highest BCUT2D eigenvalue weighted by Gasteiger charge is 2.15. The Bertz CT molecular complexity index is 1500. The summed E-state index contributed by atoms with van der Waals surface area (Å²) in [4.78, 5) is 15.3. The molecule has 39 heavy (non-hydrogen) atoms. The Morgan fingerprint density at radius 1 is 0.821 bits per heavy atom. The molecule has 0 aliphatic heterocycles. The van der Waals surface area contributed by atoms with Gasteiger partial charge in [0.1, 0.15) is 0 Å². The lowest BCUT2D eigenvalue weighted by atomic mass is 10.0. The summed E-state index contributed by atoms with van der Waals surface area (Å²) in [6.45, 7) is 2.83. The van der Waals surface area contributed by atoms with Gasteiger partial charge in [0.05, 0.1) is 22.9 Å².